The number of aromatic amines is 1. The molecule has 2 aromatic rings. The lowest BCUT2D eigenvalue weighted by Gasteiger charge is -1.98. The van der Waals surface area contributed by atoms with Gasteiger partial charge in [0.25, 0.3) is 5.24 Å². The van der Waals surface area contributed by atoms with Gasteiger partial charge in [-0.05, 0) is 23.7 Å². The number of phenolic OH excluding ortho intramolecular Hbond substituents is 2. The second-order valence-electron chi connectivity index (χ2n) is 2.83. The molecule has 1 aromatic heterocycles. The quantitative estimate of drug-likeness (QED) is 0.499. The average Bonchev–Trinajstić information content (AvgIpc) is 2.56. The van der Waals surface area contributed by atoms with Gasteiger partial charge in [0.05, 0.1) is 16.5 Å². The zero-order valence-electron chi connectivity index (χ0n) is 6.91. The average molecular weight is 212 g/mol. The Kier molecular flexibility index (Phi) is 1.86. The third-order valence-corrected chi connectivity index (χ3v) is 2.21. The van der Waals surface area contributed by atoms with Crippen molar-refractivity contribution in [2.24, 2.45) is 0 Å². The molecule has 0 unspecified atom stereocenters. The summed E-state index contributed by atoms with van der Waals surface area (Å²) in [7, 11) is 0. The third-order valence-electron chi connectivity index (χ3n) is 2.00. The van der Waals surface area contributed by atoms with E-state index in [2.05, 4.69) is 4.98 Å². The van der Waals surface area contributed by atoms with Crippen LogP contribution in [-0.2, 0) is 0 Å². The van der Waals surface area contributed by atoms with E-state index in [1.807, 2.05) is 0 Å². The van der Waals surface area contributed by atoms with Gasteiger partial charge in [-0.3, -0.25) is 4.79 Å². The Morgan fingerprint density at radius 3 is 2.57 bits per heavy atom. The van der Waals surface area contributed by atoms with Gasteiger partial charge < -0.3 is 15.2 Å². The molecule has 1 heterocycles. The molecule has 2 rings (SSSR count). The van der Waals surface area contributed by atoms with Crippen molar-refractivity contribution in [2.45, 2.75) is 0 Å². The van der Waals surface area contributed by atoms with Crippen LogP contribution in [0, 0.1) is 0 Å². The maximum atomic E-state index is 10.9. The van der Waals surface area contributed by atoms with E-state index >= 15 is 0 Å². The van der Waals surface area contributed by atoms with Crippen molar-refractivity contribution in [1.29, 1.82) is 0 Å². The molecule has 5 heteroatoms. The summed E-state index contributed by atoms with van der Waals surface area (Å²) in [6.07, 6.45) is 1.35. The highest BCUT2D eigenvalue weighted by molar-refractivity contribution is 6.68. The van der Waals surface area contributed by atoms with Crippen molar-refractivity contribution in [3.05, 3.63) is 23.9 Å². The van der Waals surface area contributed by atoms with Gasteiger partial charge in [0, 0.05) is 6.20 Å². The van der Waals surface area contributed by atoms with Crippen LogP contribution in [0.25, 0.3) is 10.9 Å². The van der Waals surface area contributed by atoms with Gasteiger partial charge in [-0.25, -0.2) is 0 Å². The smallest absolute Gasteiger partial charge is 0.254 e. The Hall–Kier alpha value is -1.68. The zero-order chi connectivity index (χ0) is 10.3. The maximum absolute atomic E-state index is 10.9. The standard InChI is InChI=1S/C9H6ClNO3/c10-9(14)4-3-11-8-6(13)2-1-5(12)7(4)8/h1-3,11-13H. The van der Waals surface area contributed by atoms with E-state index in [4.69, 9.17) is 11.6 Å². The minimum absolute atomic E-state index is 0.0398. The lowest BCUT2D eigenvalue weighted by Crippen LogP contribution is -1.85. The summed E-state index contributed by atoms with van der Waals surface area (Å²) >= 11 is 5.30. The second kappa shape index (κ2) is 2.92. The topological polar surface area (TPSA) is 73.3 Å². The number of carbonyl (C=O) groups excluding carboxylic acids is 1. The van der Waals surface area contributed by atoms with E-state index in [1.165, 1.54) is 18.3 Å². The molecule has 0 amide bonds. The van der Waals surface area contributed by atoms with Crippen LogP contribution in [-0.4, -0.2) is 20.4 Å². The van der Waals surface area contributed by atoms with Gasteiger partial charge in [0.1, 0.15) is 11.5 Å². The van der Waals surface area contributed by atoms with Crippen molar-refractivity contribution < 1.29 is 15.0 Å². The number of phenols is 2. The predicted octanol–water partition coefficient (Wildman–Crippen LogP) is 1.96. The van der Waals surface area contributed by atoms with Crippen LogP contribution >= 0.6 is 11.6 Å². The highest BCUT2D eigenvalue weighted by Crippen LogP contribution is 2.34. The fourth-order valence-electron chi connectivity index (χ4n) is 1.37. The first-order valence-corrected chi connectivity index (χ1v) is 4.21. The molecule has 3 N–H and O–H groups in total. The number of nitrogens with one attached hydrogen (secondary N) is 1. The van der Waals surface area contributed by atoms with Crippen LogP contribution in [0.3, 0.4) is 0 Å². The molecule has 0 aliphatic carbocycles. The Morgan fingerprint density at radius 1 is 1.29 bits per heavy atom. The minimum atomic E-state index is -0.683. The first-order chi connectivity index (χ1) is 6.61. The molecule has 0 spiro atoms. The molecule has 0 radical (unpaired) electrons. The van der Waals surface area contributed by atoms with Gasteiger partial charge in [-0.2, -0.15) is 0 Å². The number of H-pyrrole nitrogens is 1. The number of aromatic hydroxyl groups is 2. The number of aromatic nitrogens is 1. The molecule has 0 aliphatic rings. The third kappa shape index (κ3) is 1.12. The molecular weight excluding hydrogens is 206 g/mol. The Balaban J connectivity index is 2.90. The summed E-state index contributed by atoms with van der Waals surface area (Å²) < 4.78 is 0. The molecule has 14 heavy (non-hydrogen) atoms. The van der Waals surface area contributed by atoms with Gasteiger partial charge in [-0.15, -0.1) is 0 Å². The molecule has 0 saturated heterocycles. The highest BCUT2D eigenvalue weighted by Gasteiger charge is 2.15. The molecule has 1 aromatic carbocycles. The zero-order valence-corrected chi connectivity index (χ0v) is 7.67. The predicted molar refractivity (Wildman–Crippen MR) is 51.8 cm³/mol. The molecule has 72 valence electrons. The van der Waals surface area contributed by atoms with Gasteiger partial charge >= 0.3 is 0 Å². The molecule has 0 atom stereocenters. The highest BCUT2D eigenvalue weighted by atomic mass is 35.5. The Morgan fingerprint density at radius 2 is 1.93 bits per heavy atom. The van der Waals surface area contributed by atoms with E-state index in [1.54, 1.807) is 0 Å². The first kappa shape index (κ1) is 8.90. The minimum Gasteiger partial charge on any atom is -0.507 e. The fourth-order valence-corrected chi connectivity index (χ4v) is 1.52. The molecular formula is C9H6ClNO3. The van der Waals surface area contributed by atoms with Gasteiger partial charge in [-0.1, -0.05) is 0 Å². The number of carbonyl (C=O) groups is 1. The summed E-state index contributed by atoms with van der Waals surface area (Å²) in [5.74, 6) is -0.134. The van der Waals surface area contributed by atoms with Gasteiger partial charge in [0.15, 0.2) is 0 Å². The molecule has 0 aliphatic heterocycles. The number of hydrogen-bond donors (Lipinski definition) is 3. The van der Waals surface area contributed by atoms with E-state index in [0.717, 1.165) is 0 Å². The SMILES string of the molecule is O=C(Cl)c1c[nH]c2c(O)ccc(O)c12. The lowest BCUT2D eigenvalue weighted by molar-refractivity contribution is 0.108. The maximum Gasteiger partial charge on any atom is 0.254 e. The summed E-state index contributed by atoms with van der Waals surface area (Å²) in [6, 6.07) is 2.63. The molecule has 0 bridgehead atoms. The van der Waals surface area contributed by atoms with E-state index in [-0.39, 0.29) is 22.4 Å². The summed E-state index contributed by atoms with van der Waals surface area (Å²) in [6.45, 7) is 0. The largest absolute Gasteiger partial charge is 0.507 e. The number of fused-ring (bicyclic) bond motifs is 1. The van der Waals surface area contributed by atoms with E-state index < -0.39 is 5.24 Å². The first-order valence-electron chi connectivity index (χ1n) is 3.83. The van der Waals surface area contributed by atoms with Crippen LogP contribution in [0.15, 0.2) is 18.3 Å². The number of hydrogen-bond acceptors (Lipinski definition) is 3. The molecule has 0 fully saturated rings. The second-order valence-corrected chi connectivity index (χ2v) is 3.17. The van der Waals surface area contributed by atoms with Crippen molar-refractivity contribution in [3.8, 4) is 11.5 Å². The van der Waals surface area contributed by atoms with Crippen LogP contribution < -0.4 is 0 Å². The normalized spacial score (nSPS) is 10.6. The number of rotatable bonds is 1. The summed E-state index contributed by atoms with van der Waals surface area (Å²) in [5.41, 5.74) is 0.448. The summed E-state index contributed by atoms with van der Waals surface area (Å²) in [4.78, 5) is 13.6. The van der Waals surface area contributed by atoms with E-state index in [9.17, 15) is 15.0 Å². The fraction of sp³-hybridized carbons (Fsp3) is 0. The monoisotopic (exact) mass is 211 g/mol. The van der Waals surface area contributed by atoms with E-state index in [0.29, 0.717) is 5.52 Å². The van der Waals surface area contributed by atoms with Crippen molar-refractivity contribution in [2.75, 3.05) is 0 Å². The summed E-state index contributed by atoms with van der Waals surface area (Å²) in [5, 5.41) is 18.4. The lowest BCUT2D eigenvalue weighted by atomic mass is 10.1. The Labute approximate surface area is 83.7 Å². The number of benzene rings is 1. The van der Waals surface area contributed by atoms with Crippen molar-refractivity contribution in [3.63, 3.8) is 0 Å². The van der Waals surface area contributed by atoms with Crippen LogP contribution in [0.2, 0.25) is 0 Å². The van der Waals surface area contributed by atoms with Crippen LogP contribution in [0.4, 0.5) is 0 Å². The van der Waals surface area contributed by atoms with Crippen molar-refractivity contribution in [1.82, 2.24) is 4.98 Å². The molecule has 0 saturated carbocycles. The molecule has 4 nitrogen and oxygen atoms in total. The Bertz CT molecular complexity index is 518. The van der Waals surface area contributed by atoms with Crippen LogP contribution in [0.5, 0.6) is 11.5 Å². The van der Waals surface area contributed by atoms with Crippen LogP contribution in [0.1, 0.15) is 10.4 Å². The number of halogens is 1. The van der Waals surface area contributed by atoms with Crippen molar-refractivity contribution >= 4 is 27.7 Å². The van der Waals surface area contributed by atoms with Gasteiger partial charge in [0.2, 0.25) is 0 Å².